The van der Waals surface area contributed by atoms with E-state index in [1.807, 2.05) is 20.2 Å². The van der Waals surface area contributed by atoms with Gasteiger partial charge >= 0.3 is 0 Å². The predicted molar refractivity (Wildman–Crippen MR) is 97.4 cm³/mol. The zero-order valence-electron chi connectivity index (χ0n) is 14.6. The summed E-state index contributed by atoms with van der Waals surface area (Å²) in [6, 6.07) is 10.7. The molecule has 6 heteroatoms. The van der Waals surface area contributed by atoms with Crippen molar-refractivity contribution in [1.82, 2.24) is 24.7 Å². The quantitative estimate of drug-likeness (QED) is 0.737. The van der Waals surface area contributed by atoms with Gasteiger partial charge in [0.2, 0.25) is 5.95 Å². The minimum absolute atomic E-state index is 0.526. The Morgan fingerprint density at radius 3 is 2.72 bits per heavy atom. The molecule has 0 N–H and O–H groups in total. The Morgan fingerprint density at radius 1 is 1.12 bits per heavy atom. The number of aryl methyl sites for hydroxylation is 2. The first-order valence-corrected chi connectivity index (χ1v) is 8.70. The average molecular weight is 334 g/mol. The minimum Gasteiger partial charge on any atom is -0.340 e. The molecule has 0 amide bonds. The summed E-state index contributed by atoms with van der Waals surface area (Å²) in [5, 5.41) is 4.16. The molecule has 4 rings (SSSR count). The van der Waals surface area contributed by atoms with Gasteiger partial charge in [-0.3, -0.25) is 0 Å². The second-order valence-corrected chi connectivity index (χ2v) is 6.60. The van der Waals surface area contributed by atoms with Gasteiger partial charge in [0.15, 0.2) is 5.82 Å². The van der Waals surface area contributed by atoms with Crippen molar-refractivity contribution in [3.05, 3.63) is 54.0 Å². The first-order valence-electron chi connectivity index (χ1n) is 8.70. The van der Waals surface area contributed by atoms with Crippen LogP contribution in [0.3, 0.4) is 0 Å². The number of hydrogen-bond acceptors (Lipinski definition) is 5. The van der Waals surface area contributed by atoms with Crippen LogP contribution in [-0.2, 0) is 7.05 Å². The summed E-state index contributed by atoms with van der Waals surface area (Å²) >= 11 is 0. The Hall–Kier alpha value is -2.76. The van der Waals surface area contributed by atoms with Crippen molar-refractivity contribution in [3.8, 4) is 11.5 Å². The fraction of sp³-hybridized carbons (Fsp3) is 0.368. The summed E-state index contributed by atoms with van der Waals surface area (Å²) < 4.78 is 1.75. The van der Waals surface area contributed by atoms with E-state index >= 15 is 0 Å². The SMILES string of the molecule is Cc1cnc(N2CCCC(c3ccccc3)C2)nc1-c1ncnn1C. The van der Waals surface area contributed by atoms with Gasteiger partial charge in [-0.1, -0.05) is 30.3 Å². The van der Waals surface area contributed by atoms with Crippen LogP contribution in [0.5, 0.6) is 0 Å². The Balaban J connectivity index is 1.62. The lowest BCUT2D eigenvalue weighted by molar-refractivity contribution is 0.503. The standard InChI is InChI=1S/C19H22N6/c1-14-11-20-19(23-17(14)18-21-13-22-24(18)2)25-10-6-9-16(12-25)15-7-4-3-5-8-15/h3-5,7-8,11,13,16H,6,9-10,12H2,1-2H3. The van der Waals surface area contributed by atoms with E-state index in [9.17, 15) is 0 Å². The summed E-state index contributed by atoms with van der Waals surface area (Å²) in [6.45, 7) is 3.95. The molecule has 1 aromatic carbocycles. The van der Waals surface area contributed by atoms with Gasteiger partial charge in [0.25, 0.3) is 0 Å². The first-order chi connectivity index (χ1) is 12.2. The molecule has 3 heterocycles. The van der Waals surface area contributed by atoms with Crippen LogP contribution in [0.4, 0.5) is 5.95 Å². The summed E-state index contributed by atoms with van der Waals surface area (Å²) in [5.74, 6) is 2.08. The van der Waals surface area contributed by atoms with Crippen LogP contribution in [0, 0.1) is 6.92 Å². The summed E-state index contributed by atoms with van der Waals surface area (Å²) in [5.41, 5.74) is 3.26. The van der Waals surface area contributed by atoms with Crippen molar-refractivity contribution < 1.29 is 0 Å². The molecule has 1 aliphatic heterocycles. The van der Waals surface area contributed by atoms with Gasteiger partial charge in [-0.05, 0) is 30.9 Å². The number of benzene rings is 1. The molecule has 0 bridgehead atoms. The molecule has 6 nitrogen and oxygen atoms in total. The molecule has 1 atom stereocenters. The molecular weight excluding hydrogens is 312 g/mol. The van der Waals surface area contributed by atoms with Gasteiger partial charge < -0.3 is 4.90 Å². The lowest BCUT2D eigenvalue weighted by atomic mass is 9.91. The fourth-order valence-electron chi connectivity index (χ4n) is 3.48. The van der Waals surface area contributed by atoms with Gasteiger partial charge in [0, 0.05) is 32.3 Å². The fourth-order valence-corrected chi connectivity index (χ4v) is 3.48. The zero-order chi connectivity index (χ0) is 17.2. The molecule has 1 fully saturated rings. The maximum atomic E-state index is 4.82. The van der Waals surface area contributed by atoms with Crippen molar-refractivity contribution in [2.45, 2.75) is 25.7 Å². The van der Waals surface area contributed by atoms with Crippen molar-refractivity contribution in [1.29, 1.82) is 0 Å². The van der Waals surface area contributed by atoms with E-state index < -0.39 is 0 Å². The Morgan fingerprint density at radius 2 is 1.96 bits per heavy atom. The maximum absolute atomic E-state index is 4.82. The van der Waals surface area contributed by atoms with E-state index in [2.05, 4.69) is 50.3 Å². The highest BCUT2D eigenvalue weighted by molar-refractivity contribution is 5.56. The number of hydrogen-bond donors (Lipinski definition) is 0. The van der Waals surface area contributed by atoms with Crippen LogP contribution in [0.2, 0.25) is 0 Å². The molecule has 0 radical (unpaired) electrons. The monoisotopic (exact) mass is 334 g/mol. The number of nitrogens with zero attached hydrogens (tertiary/aromatic N) is 6. The minimum atomic E-state index is 0.526. The van der Waals surface area contributed by atoms with E-state index in [-0.39, 0.29) is 0 Å². The molecular formula is C19H22N6. The Labute approximate surface area is 147 Å². The van der Waals surface area contributed by atoms with E-state index in [1.165, 1.54) is 12.0 Å². The van der Waals surface area contributed by atoms with Crippen molar-refractivity contribution in [2.75, 3.05) is 18.0 Å². The Kier molecular flexibility index (Phi) is 4.17. The highest BCUT2D eigenvalue weighted by Gasteiger charge is 2.24. The zero-order valence-corrected chi connectivity index (χ0v) is 14.6. The molecule has 0 saturated carbocycles. The third kappa shape index (κ3) is 3.12. The topological polar surface area (TPSA) is 59.7 Å². The van der Waals surface area contributed by atoms with Crippen LogP contribution in [0.25, 0.3) is 11.5 Å². The van der Waals surface area contributed by atoms with Crippen LogP contribution < -0.4 is 4.90 Å². The van der Waals surface area contributed by atoms with Crippen LogP contribution in [0.1, 0.15) is 29.9 Å². The van der Waals surface area contributed by atoms with Crippen molar-refractivity contribution >= 4 is 5.95 Å². The van der Waals surface area contributed by atoms with Crippen molar-refractivity contribution in [3.63, 3.8) is 0 Å². The van der Waals surface area contributed by atoms with Crippen LogP contribution >= 0.6 is 0 Å². The Bertz CT molecular complexity index is 857. The number of anilines is 1. The predicted octanol–water partition coefficient (Wildman–Crippen LogP) is 2.96. The molecule has 2 aromatic heterocycles. The van der Waals surface area contributed by atoms with Gasteiger partial charge in [-0.25, -0.2) is 19.6 Å². The van der Waals surface area contributed by atoms with E-state index in [0.717, 1.165) is 42.5 Å². The highest BCUT2D eigenvalue weighted by Crippen LogP contribution is 2.29. The molecule has 3 aromatic rings. The average Bonchev–Trinajstić information content (AvgIpc) is 3.09. The maximum Gasteiger partial charge on any atom is 0.226 e. The second-order valence-electron chi connectivity index (χ2n) is 6.60. The summed E-state index contributed by atoms with van der Waals surface area (Å²) in [4.78, 5) is 16.0. The van der Waals surface area contributed by atoms with Crippen molar-refractivity contribution in [2.24, 2.45) is 7.05 Å². The highest BCUT2D eigenvalue weighted by atomic mass is 15.3. The van der Waals surface area contributed by atoms with E-state index in [1.54, 1.807) is 11.0 Å². The third-order valence-corrected chi connectivity index (χ3v) is 4.86. The van der Waals surface area contributed by atoms with Crippen LogP contribution in [0.15, 0.2) is 42.9 Å². The molecule has 0 aliphatic carbocycles. The van der Waals surface area contributed by atoms with Gasteiger partial charge in [-0.15, -0.1) is 0 Å². The van der Waals surface area contributed by atoms with Crippen LogP contribution in [-0.4, -0.2) is 37.8 Å². The first kappa shape index (κ1) is 15.7. The lowest BCUT2D eigenvalue weighted by Crippen LogP contribution is -2.35. The molecule has 1 unspecified atom stereocenters. The second kappa shape index (κ2) is 6.63. The molecule has 25 heavy (non-hydrogen) atoms. The lowest BCUT2D eigenvalue weighted by Gasteiger charge is -2.33. The summed E-state index contributed by atoms with van der Waals surface area (Å²) in [6.07, 6.45) is 5.81. The molecule has 1 aliphatic rings. The third-order valence-electron chi connectivity index (χ3n) is 4.86. The van der Waals surface area contributed by atoms with Gasteiger partial charge in [-0.2, -0.15) is 5.10 Å². The van der Waals surface area contributed by atoms with E-state index in [0.29, 0.717) is 5.92 Å². The molecule has 1 saturated heterocycles. The molecule has 128 valence electrons. The number of aromatic nitrogens is 5. The van der Waals surface area contributed by atoms with E-state index in [4.69, 9.17) is 4.98 Å². The number of rotatable bonds is 3. The number of piperidine rings is 1. The normalized spacial score (nSPS) is 17.7. The molecule has 0 spiro atoms. The smallest absolute Gasteiger partial charge is 0.226 e. The van der Waals surface area contributed by atoms with Gasteiger partial charge in [0.1, 0.15) is 12.0 Å². The van der Waals surface area contributed by atoms with Gasteiger partial charge in [0.05, 0.1) is 0 Å². The largest absolute Gasteiger partial charge is 0.340 e. The summed E-state index contributed by atoms with van der Waals surface area (Å²) in [7, 11) is 1.88.